The Kier molecular flexibility index (Phi) is 4.20. The predicted octanol–water partition coefficient (Wildman–Crippen LogP) is 2.83. The zero-order valence-electron chi connectivity index (χ0n) is 11.9. The number of nitrogen functional groups attached to an aromatic ring is 1. The van der Waals surface area contributed by atoms with E-state index in [0.717, 1.165) is 0 Å². The Morgan fingerprint density at radius 2 is 1.57 bits per heavy atom. The Balaban J connectivity index is 2.22. The number of rotatable bonds is 4. The van der Waals surface area contributed by atoms with Gasteiger partial charge in [0.1, 0.15) is 16.4 Å². The van der Waals surface area contributed by atoms with Crippen molar-refractivity contribution in [2.45, 2.75) is 24.7 Å². The van der Waals surface area contributed by atoms with Crippen LogP contribution in [-0.4, -0.2) is 8.42 Å². The number of anilines is 1. The summed E-state index contributed by atoms with van der Waals surface area (Å²) in [7, 11) is -3.82. The summed E-state index contributed by atoms with van der Waals surface area (Å²) >= 11 is 0. The summed E-state index contributed by atoms with van der Waals surface area (Å²) in [5, 5.41) is 5.06. The van der Waals surface area contributed by atoms with Crippen LogP contribution in [0.25, 0.3) is 0 Å². The molecule has 0 saturated heterocycles. The number of hydrogen-bond acceptors (Lipinski definition) is 4. The molecule has 0 amide bonds. The van der Waals surface area contributed by atoms with Crippen LogP contribution < -0.4 is 15.6 Å². The van der Waals surface area contributed by atoms with Gasteiger partial charge in [-0.2, -0.15) is 0 Å². The van der Waals surface area contributed by atoms with Crippen LogP contribution in [-0.2, 0) is 10.0 Å². The van der Waals surface area contributed by atoms with Crippen molar-refractivity contribution in [1.82, 2.24) is 0 Å². The average Bonchev–Trinajstić information content (AvgIpc) is 2.37. The van der Waals surface area contributed by atoms with Gasteiger partial charge in [0.15, 0.2) is 0 Å². The lowest BCUT2D eigenvalue weighted by Gasteiger charge is -2.10. The van der Waals surface area contributed by atoms with E-state index in [1.54, 1.807) is 0 Å². The monoisotopic (exact) mass is 306 g/mol. The van der Waals surface area contributed by atoms with Gasteiger partial charge in [-0.05, 0) is 35.7 Å². The maximum atomic E-state index is 11.3. The van der Waals surface area contributed by atoms with Gasteiger partial charge in [0.25, 0.3) is 0 Å². The van der Waals surface area contributed by atoms with Gasteiger partial charge in [0.2, 0.25) is 10.0 Å². The first-order valence-corrected chi connectivity index (χ1v) is 8.02. The Morgan fingerprint density at radius 1 is 1.00 bits per heavy atom. The molecule has 2 aromatic rings. The van der Waals surface area contributed by atoms with E-state index in [1.165, 1.54) is 23.8 Å². The molecule has 0 radical (unpaired) electrons. The highest BCUT2D eigenvalue weighted by Gasteiger charge is 2.13. The molecule has 0 unspecified atom stereocenters. The normalized spacial score (nSPS) is 11.6. The number of primary sulfonamides is 1. The molecule has 0 spiro atoms. The highest BCUT2D eigenvalue weighted by molar-refractivity contribution is 7.89. The third-order valence-corrected chi connectivity index (χ3v) is 4.06. The number of sulfonamides is 1. The van der Waals surface area contributed by atoms with E-state index in [4.69, 9.17) is 15.6 Å². The summed E-state index contributed by atoms with van der Waals surface area (Å²) in [5.74, 6) is 1.56. The van der Waals surface area contributed by atoms with Crippen molar-refractivity contribution in [2.75, 3.05) is 5.73 Å². The van der Waals surface area contributed by atoms with Crippen LogP contribution in [0.4, 0.5) is 5.69 Å². The van der Waals surface area contributed by atoms with Crippen molar-refractivity contribution >= 4 is 15.7 Å². The topological polar surface area (TPSA) is 95.4 Å². The summed E-state index contributed by atoms with van der Waals surface area (Å²) in [6.07, 6.45) is 0. The van der Waals surface area contributed by atoms with Crippen molar-refractivity contribution in [3.05, 3.63) is 48.0 Å². The Bertz CT molecular complexity index is 738. The van der Waals surface area contributed by atoms with Crippen molar-refractivity contribution in [3.63, 3.8) is 0 Å². The zero-order chi connectivity index (χ0) is 15.6. The first-order chi connectivity index (χ1) is 9.77. The molecular formula is C15H18N2O3S. The summed E-state index contributed by atoms with van der Waals surface area (Å²) in [5.41, 5.74) is 6.96. The molecule has 4 N–H and O–H groups in total. The maximum Gasteiger partial charge on any atom is 0.240 e. The summed E-state index contributed by atoms with van der Waals surface area (Å²) in [6, 6.07) is 12.0. The number of benzene rings is 2. The second-order valence-corrected chi connectivity index (χ2v) is 6.60. The molecule has 21 heavy (non-hydrogen) atoms. The molecule has 0 saturated carbocycles. The lowest BCUT2D eigenvalue weighted by atomic mass is 10.0. The third-order valence-electron chi connectivity index (χ3n) is 3.07. The average molecular weight is 306 g/mol. The third kappa shape index (κ3) is 3.74. The van der Waals surface area contributed by atoms with Crippen molar-refractivity contribution < 1.29 is 13.2 Å². The van der Waals surface area contributed by atoms with Gasteiger partial charge < -0.3 is 10.5 Å². The van der Waals surface area contributed by atoms with Crippen molar-refractivity contribution in [2.24, 2.45) is 5.14 Å². The summed E-state index contributed by atoms with van der Waals surface area (Å²) in [4.78, 5) is -0.106. The Morgan fingerprint density at radius 3 is 2.05 bits per heavy atom. The second kappa shape index (κ2) is 5.75. The molecule has 0 heterocycles. The maximum absolute atomic E-state index is 11.3. The van der Waals surface area contributed by atoms with Crippen LogP contribution in [0.5, 0.6) is 11.5 Å². The minimum absolute atomic E-state index is 0.0637. The quantitative estimate of drug-likeness (QED) is 0.849. The van der Waals surface area contributed by atoms with E-state index in [-0.39, 0.29) is 10.6 Å². The molecule has 2 rings (SSSR count). The second-order valence-electron chi connectivity index (χ2n) is 5.07. The first-order valence-electron chi connectivity index (χ1n) is 6.47. The molecule has 0 aliphatic carbocycles. The summed E-state index contributed by atoms with van der Waals surface area (Å²) < 4.78 is 28.2. The first kappa shape index (κ1) is 15.3. The molecular weight excluding hydrogens is 288 g/mol. The van der Waals surface area contributed by atoms with Crippen molar-refractivity contribution in [3.8, 4) is 11.5 Å². The van der Waals surface area contributed by atoms with Gasteiger partial charge in [-0.15, -0.1) is 0 Å². The molecule has 0 fully saturated rings. The van der Waals surface area contributed by atoms with Crippen LogP contribution in [0.15, 0.2) is 47.4 Å². The summed E-state index contributed by atoms with van der Waals surface area (Å²) in [6.45, 7) is 4.23. The van der Waals surface area contributed by atoms with Crippen LogP contribution in [0.2, 0.25) is 0 Å². The van der Waals surface area contributed by atoms with E-state index in [0.29, 0.717) is 17.4 Å². The highest BCUT2D eigenvalue weighted by Crippen LogP contribution is 2.28. The van der Waals surface area contributed by atoms with E-state index in [9.17, 15) is 8.42 Å². The van der Waals surface area contributed by atoms with E-state index < -0.39 is 10.0 Å². The van der Waals surface area contributed by atoms with Gasteiger partial charge in [0.05, 0.1) is 5.69 Å². The number of hydrogen-bond donors (Lipinski definition) is 2. The minimum Gasteiger partial charge on any atom is -0.457 e. The lowest BCUT2D eigenvalue weighted by Crippen LogP contribution is -2.14. The molecule has 5 nitrogen and oxygen atoms in total. The SMILES string of the molecule is CC(C)c1ccc(Oc2ccc(S(N)(=O)=O)c(N)c2)cc1. The van der Waals surface area contributed by atoms with Gasteiger partial charge in [0, 0.05) is 6.07 Å². The largest absolute Gasteiger partial charge is 0.457 e. The number of ether oxygens (including phenoxy) is 1. The van der Waals surface area contributed by atoms with E-state index >= 15 is 0 Å². The smallest absolute Gasteiger partial charge is 0.240 e. The molecule has 112 valence electrons. The van der Waals surface area contributed by atoms with E-state index in [1.807, 2.05) is 24.3 Å². The van der Waals surface area contributed by atoms with Crippen LogP contribution in [0, 0.1) is 0 Å². The Labute approximate surface area is 124 Å². The minimum atomic E-state index is -3.82. The van der Waals surface area contributed by atoms with E-state index in [2.05, 4.69) is 13.8 Å². The molecule has 0 aliphatic heterocycles. The van der Waals surface area contributed by atoms with Crippen LogP contribution in [0.3, 0.4) is 0 Å². The molecule has 0 atom stereocenters. The molecule has 6 heteroatoms. The van der Waals surface area contributed by atoms with Crippen molar-refractivity contribution in [1.29, 1.82) is 0 Å². The lowest BCUT2D eigenvalue weighted by molar-refractivity contribution is 0.482. The molecule has 0 aliphatic rings. The van der Waals surface area contributed by atoms with Gasteiger partial charge >= 0.3 is 0 Å². The van der Waals surface area contributed by atoms with Gasteiger partial charge in [-0.1, -0.05) is 26.0 Å². The van der Waals surface area contributed by atoms with Gasteiger partial charge in [-0.3, -0.25) is 0 Å². The van der Waals surface area contributed by atoms with Crippen LogP contribution >= 0.6 is 0 Å². The molecule has 0 bridgehead atoms. The fourth-order valence-electron chi connectivity index (χ4n) is 1.91. The fraction of sp³-hybridized carbons (Fsp3) is 0.200. The molecule has 0 aromatic heterocycles. The number of nitrogens with two attached hydrogens (primary N) is 2. The highest BCUT2D eigenvalue weighted by atomic mass is 32.2. The fourth-order valence-corrected chi connectivity index (χ4v) is 2.55. The standard InChI is InChI=1S/C15H18N2O3S/c1-10(2)11-3-5-12(6-4-11)20-13-7-8-15(14(16)9-13)21(17,18)19/h3-10H,16H2,1-2H3,(H2,17,18,19). The Hall–Kier alpha value is -2.05. The molecule has 2 aromatic carbocycles. The van der Waals surface area contributed by atoms with Crippen LogP contribution in [0.1, 0.15) is 25.3 Å². The zero-order valence-corrected chi connectivity index (χ0v) is 12.7. The van der Waals surface area contributed by atoms with Gasteiger partial charge in [-0.25, -0.2) is 13.6 Å². The predicted molar refractivity (Wildman–Crippen MR) is 82.8 cm³/mol.